The van der Waals surface area contributed by atoms with Crippen molar-refractivity contribution in [2.75, 3.05) is 0 Å². The average Bonchev–Trinajstić information content (AvgIpc) is 2.36. The molecule has 0 radical (unpaired) electrons. The Morgan fingerprint density at radius 2 is 1.68 bits per heavy atom. The van der Waals surface area contributed by atoms with Gasteiger partial charge in [-0.25, -0.2) is 0 Å². The molecule has 0 rings (SSSR count). The van der Waals surface area contributed by atoms with Crippen LogP contribution in [0.15, 0.2) is 37.0 Å². The van der Waals surface area contributed by atoms with E-state index in [0.29, 0.717) is 23.7 Å². The van der Waals surface area contributed by atoms with E-state index in [-0.39, 0.29) is 0 Å². The van der Waals surface area contributed by atoms with Gasteiger partial charge < -0.3 is 0 Å². The summed E-state index contributed by atoms with van der Waals surface area (Å²) in [6.45, 7) is 19.3. The van der Waals surface area contributed by atoms with Crippen LogP contribution in [0.3, 0.4) is 0 Å². The quantitative estimate of drug-likeness (QED) is 0.399. The Morgan fingerprint density at radius 1 is 1.05 bits per heavy atom. The zero-order valence-electron chi connectivity index (χ0n) is 13.8. The van der Waals surface area contributed by atoms with Crippen molar-refractivity contribution < 1.29 is 0 Å². The summed E-state index contributed by atoms with van der Waals surface area (Å²) in [5.41, 5.74) is 1.62. The van der Waals surface area contributed by atoms with Crippen LogP contribution in [0.5, 0.6) is 0 Å². The predicted molar refractivity (Wildman–Crippen MR) is 89.3 cm³/mol. The molecule has 0 bridgehead atoms. The van der Waals surface area contributed by atoms with Crippen LogP contribution >= 0.6 is 0 Å². The fourth-order valence-electron chi connectivity index (χ4n) is 2.62. The molecular formula is C19H34. The smallest absolute Gasteiger partial charge is 0.0210 e. The van der Waals surface area contributed by atoms with Crippen LogP contribution in [0.2, 0.25) is 0 Å². The van der Waals surface area contributed by atoms with Gasteiger partial charge in [0.15, 0.2) is 0 Å². The fraction of sp³-hybridized carbons (Fsp3) is 0.684. The van der Waals surface area contributed by atoms with Crippen molar-refractivity contribution in [1.29, 1.82) is 0 Å². The molecule has 0 heterocycles. The van der Waals surface area contributed by atoms with E-state index >= 15 is 0 Å². The van der Waals surface area contributed by atoms with E-state index in [4.69, 9.17) is 0 Å². The van der Waals surface area contributed by atoms with Gasteiger partial charge in [0.1, 0.15) is 0 Å². The van der Waals surface area contributed by atoms with Crippen LogP contribution in [0.25, 0.3) is 0 Å². The lowest BCUT2D eigenvalue weighted by molar-refractivity contribution is 0.407. The van der Waals surface area contributed by atoms with Gasteiger partial charge in [0.2, 0.25) is 0 Å². The van der Waals surface area contributed by atoms with Gasteiger partial charge >= 0.3 is 0 Å². The van der Waals surface area contributed by atoms with E-state index in [9.17, 15) is 0 Å². The first kappa shape index (κ1) is 18.2. The second-order valence-electron chi connectivity index (χ2n) is 6.31. The average molecular weight is 262 g/mol. The van der Waals surface area contributed by atoms with E-state index < -0.39 is 0 Å². The van der Waals surface area contributed by atoms with Crippen LogP contribution in [0.1, 0.15) is 60.3 Å². The third kappa shape index (κ3) is 8.08. The maximum atomic E-state index is 3.98. The van der Waals surface area contributed by atoms with Crippen molar-refractivity contribution in [2.45, 2.75) is 60.3 Å². The molecule has 0 saturated carbocycles. The Balaban J connectivity index is 4.59. The molecule has 0 heteroatoms. The van der Waals surface area contributed by atoms with Crippen molar-refractivity contribution in [2.24, 2.45) is 23.7 Å². The first-order chi connectivity index (χ1) is 8.94. The van der Waals surface area contributed by atoms with Crippen molar-refractivity contribution >= 4 is 0 Å². The molecule has 0 aliphatic carbocycles. The SMILES string of the molecule is C=CC(C)CCC(=CC(C)C)CC(C)C(C=C)CC. The van der Waals surface area contributed by atoms with Crippen LogP contribution in [-0.2, 0) is 0 Å². The molecule has 0 fully saturated rings. The normalized spacial score (nSPS) is 17.1. The maximum absolute atomic E-state index is 3.98. The highest BCUT2D eigenvalue weighted by Crippen LogP contribution is 2.27. The molecule has 0 amide bonds. The maximum Gasteiger partial charge on any atom is -0.0210 e. The van der Waals surface area contributed by atoms with Crippen molar-refractivity contribution in [3.05, 3.63) is 37.0 Å². The molecule has 110 valence electrons. The summed E-state index contributed by atoms with van der Waals surface area (Å²) < 4.78 is 0. The molecule has 0 nitrogen and oxygen atoms in total. The summed E-state index contributed by atoms with van der Waals surface area (Å²) in [5, 5.41) is 0. The van der Waals surface area contributed by atoms with Crippen molar-refractivity contribution in [1.82, 2.24) is 0 Å². The van der Waals surface area contributed by atoms with E-state index in [1.165, 1.54) is 25.7 Å². The number of allylic oxidation sites excluding steroid dienone is 4. The fourth-order valence-corrected chi connectivity index (χ4v) is 2.62. The van der Waals surface area contributed by atoms with E-state index in [0.717, 1.165) is 0 Å². The van der Waals surface area contributed by atoms with Gasteiger partial charge in [-0.1, -0.05) is 58.4 Å². The number of hydrogen-bond donors (Lipinski definition) is 0. The Kier molecular flexibility index (Phi) is 9.65. The second kappa shape index (κ2) is 10.1. The van der Waals surface area contributed by atoms with Gasteiger partial charge in [-0.2, -0.15) is 0 Å². The molecule has 0 aliphatic heterocycles. The molecule has 3 atom stereocenters. The van der Waals surface area contributed by atoms with Crippen LogP contribution in [0.4, 0.5) is 0 Å². The van der Waals surface area contributed by atoms with Gasteiger partial charge in [-0.05, 0) is 49.4 Å². The molecule has 0 aromatic carbocycles. The third-order valence-corrected chi connectivity index (χ3v) is 3.98. The lowest BCUT2D eigenvalue weighted by Crippen LogP contribution is -2.10. The molecule has 0 saturated heterocycles. The zero-order valence-corrected chi connectivity index (χ0v) is 13.8. The molecule has 3 unspecified atom stereocenters. The first-order valence-corrected chi connectivity index (χ1v) is 7.89. The highest BCUT2D eigenvalue weighted by Gasteiger charge is 2.14. The van der Waals surface area contributed by atoms with Gasteiger partial charge in [0.05, 0.1) is 0 Å². The monoisotopic (exact) mass is 262 g/mol. The summed E-state index contributed by atoms with van der Waals surface area (Å²) in [4.78, 5) is 0. The number of hydrogen-bond acceptors (Lipinski definition) is 0. The van der Waals surface area contributed by atoms with Gasteiger partial charge in [0.25, 0.3) is 0 Å². The summed E-state index contributed by atoms with van der Waals surface area (Å²) in [7, 11) is 0. The summed E-state index contributed by atoms with van der Waals surface area (Å²) in [6, 6.07) is 0. The minimum absolute atomic E-state index is 0.618. The van der Waals surface area contributed by atoms with E-state index in [1.54, 1.807) is 5.57 Å². The van der Waals surface area contributed by atoms with Crippen molar-refractivity contribution in [3.8, 4) is 0 Å². The van der Waals surface area contributed by atoms with Crippen LogP contribution < -0.4 is 0 Å². The second-order valence-corrected chi connectivity index (χ2v) is 6.31. The lowest BCUT2D eigenvalue weighted by atomic mass is 9.84. The minimum Gasteiger partial charge on any atom is -0.103 e. The number of rotatable bonds is 10. The van der Waals surface area contributed by atoms with Crippen molar-refractivity contribution in [3.63, 3.8) is 0 Å². The summed E-state index contributed by atoms with van der Waals surface area (Å²) >= 11 is 0. The van der Waals surface area contributed by atoms with Gasteiger partial charge in [-0.3, -0.25) is 0 Å². The highest BCUT2D eigenvalue weighted by atomic mass is 14.2. The molecule has 0 spiro atoms. The molecule has 0 aliphatic rings. The Labute approximate surface area is 121 Å². The lowest BCUT2D eigenvalue weighted by Gasteiger charge is -2.22. The largest absolute Gasteiger partial charge is 0.103 e. The van der Waals surface area contributed by atoms with E-state index in [2.05, 4.69) is 66.0 Å². The minimum atomic E-state index is 0.618. The third-order valence-electron chi connectivity index (χ3n) is 3.98. The van der Waals surface area contributed by atoms with E-state index in [1.807, 2.05) is 0 Å². The highest BCUT2D eigenvalue weighted by molar-refractivity contribution is 5.06. The standard InChI is InChI=1S/C19H34/c1-8-16(6)11-12-18(13-15(4)5)14-17(7)19(9-2)10-3/h8-9,13,15-17,19H,1-2,10-12,14H2,3-7H3. The summed E-state index contributed by atoms with van der Waals surface area (Å²) in [6.07, 6.45) is 11.5. The molecule has 0 N–H and O–H groups in total. The summed E-state index contributed by atoms with van der Waals surface area (Å²) in [5.74, 6) is 2.61. The molecular weight excluding hydrogens is 228 g/mol. The molecule has 19 heavy (non-hydrogen) atoms. The van der Waals surface area contributed by atoms with Gasteiger partial charge in [-0.15, -0.1) is 13.2 Å². The topological polar surface area (TPSA) is 0 Å². The predicted octanol–water partition coefficient (Wildman–Crippen LogP) is 6.41. The van der Waals surface area contributed by atoms with Gasteiger partial charge in [0, 0.05) is 0 Å². The molecule has 0 aromatic heterocycles. The van der Waals surface area contributed by atoms with Crippen LogP contribution in [0, 0.1) is 23.7 Å². The molecule has 0 aromatic rings. The first-order valence-electron chi connectivity index (χ1n) is 7.89. The Morgan fingerprint density at radius 3 is 2.11 bits per heavy atom. The Hall–Kier alpha value is -0.780. The zero-order chi connectivity index (χ0) is 14.8. The Bertz CT molecular complexity index is 282. The van der Waals surface area contributed by atoms with Crippen LogP contribution in [-0.4, -0.2) is 0 Å².